The molecule has 0 aromatic heterocycles. The zero-order chi connectivity index (χ0) is 8.85. The van der Waals surface area contributed by atoms with Crippen LogP contribution < -0.4 is 5.73 Å². The van der Waals surface area contributed by atoms with E-state index in [0.717, 1.165) is 18.9 Å². The predicted molar refractivity (Wildman–Crippen MR) is 50.6 cm³/mol. The Hall–Kier alpha value is -0.0800. The monoisotopic (exact) mass is 158 g/mol. The smallest absolute Gasteiger partial charge is 0.0104 e. The Kier molecular flexibility index (Phi) is 5.51. The van der Waals surface area contributed by atoms with Gasteiger partial charge in [0, 0.05) is 6.04 Å². The van der Waals surface area contributed by atoms with E-state index in [4.69, 9.17) is 5.73 Å². The maximum Gasteiger partial charge on any atom is 0.0104 e. The summed E-state index contributed by atoms with van der Waals surface area (Å²) < 4.78 is 0. The van der Waals surface area contributed by atoms with E-state index >= 15 is 0 Å². The molecule has 0 aromatic carbocycles. The van der Waals surface area contributed by atoms with Gasteiger partial charge in [-0.1, -0.05) is 13.8 Å². The maximum absolute atomic E-state index is 5.52. The van der Waals surface area contributed by atoms with Gasteiger partial charge in [0.15, 0.2) is 0 Å². The van der Waals surface area contributed by atoms with Crippen molar-refractivity contribution in [1.29, 1.82) is 0 Å². The molecule has 2 N–H and O–H groups in total. The molecule has 2 heteroatoms. The van der Waals surface area contributed by atoms with E-state index < -0.39 is 0 Å². The van der Waals surface area contributed by atoms with Crippen molar-refractivity contribution in [2.75, 3.05) is 20.6 Å². The second-order valence-electron chi connectivity index (χ2n) is 3.82. The van der Waals surface area contributed by atoms with Gasteiger partial charge in [-0.3, -0.25) is 0 Å². The van der Waals surface area contributed by atoms with E-state index in [1.165, 1.54) is 6.42 Å². The second kappa shape index (κ2) is 5.56. The highest BCUT2D eigenvalue weighted by atomic mass is 15.1. The molecule has 2 nitrogen and oxygen atoms in total. The molecule has 0 fully saturated rings. The molecule has 0 spiro atoms. The van der Waals surface area contributed by atoms with Crippen LogP contribution in [0.3, 0.4) is 0 Å². The van der Waals surface area contributed by atoms with Crippen LogP contribution in [0.5, 0.6) is 0 Å². The van der Waals surface area contributed by atoms with Crippen LogP contribution in [0.4, 0.5) is 0 Å². The Morgan fingerprint density at radius 1 is 1.27 bits per heavy atom. The summed E-state index contributed by atoms with van der Waals surface area (Å²) in [7, 11) is 4.26. The summed E-state index contributed by atoms with van der Waals surface area (Å²) in [6.45, 7) is 5.32. The predicted octanol–water partition coefficient (Wildman–Crippen LogP) is 1.31. The lowest BCUT2D eigenvalue weighted by Crippen LogP contribution is -2.31. The van der Waals surface area contributed by atoms with E-state index in [1.54, 1.807) is 0 Å². The summed E-state index contributed by atoms with van der Waals surface area (Å²) in [5, 5.41) is 0. The Labute approximate surface area is 70.8 Å². The second-order valence-corrected chi connectivity index (χ2v) is 3.82. The van der Waals surface area contributed by atoms with Gasteiger partial charge in [-0.15, -0.1) is 0 Å². The molecule has 1 atom stereocenters. The van der Waals surface area contributed by atoms with E-state index in [-0.39, 0.29) is 0 Å². The topological polar surface area (TPSA) is 29.3 Å². The Morgan fingerprint density at radius 3 is 2.09 bits per heavy atom. The molecule has 0 aliphatic heterocycles. The molecule has 0 amide bonds. The van der Waals surface area contributed by atoms with Crippen molar-refractivity contribution in [3.05, 3.63) is 0 Å². The first kappa shape index (κ1) is 10.9. The van der Waals surface area contributed by atoms with Crippen LogP contribution in [0.25, 0.3) is 0 Å². The Morgan fingerprint density at radius 2 is 1.82 bits per heavy atom. The van der Waals surface area contributed by atoms with Gasteiger partial charge >= 0.3 is 0 Å². The van der Waals surface area contributed by atoms with Gasteiger partial charge in [0.2, 0.25) is 0 Å². The Bertz CT molecular complexity index is 89.6. The van der Waals surface area contributed by atoms with E-state index in [2.05, 4.69) is 32.8 Å². The zero-order valence-electron chi connectivity index (χ0n) is 8.30. The minimum absolute atomic E-state index is 0.667. The summed E-state index contributed by atoms with van der Waals surface area (Å²) in [5.41, 5.74) is 5.52. The van der Waals surface area contributed by atoms with Crippen molar-refractivity contribution in [3.8, 4) is 0 Å². The van der Waals surface area contributed by atoms with Crippen LogP contribution in [0.15, 0.2) is 0 Å². The third-order valence-electron chi connectivity index (χ3n) is 1.97. The standard InChI is InChI=1S/C9H22N2/c1-8(2)7-9(5-6-10)11(3)4/h8-9H,5-7,10H2,1-4H3. The van der Waals surface area contributed by atoms with Crippen LogP contribution >= 0.6 is 0 Å². The van der Waals surface area contributed by atoms with Crippen molar-refractivity contribution in [2.45, 2.75) is 32.7 Å². The summed E-state index contributed by atoms with van der Waals surface area (Å²) in [5.74, 6) is 0.772. The molecule has 0 rings (SSSR count). The largest absolute Gasteiger partial charge is 0.330 e. The highest BCUT2D eigenvalue weighted by molar-refractivity contribution is 4.67. The number of rotatable bonds is 5. The average Bonchev–Trinajstić information content (AvgIpc) is 1.86. The van der Waals surface area contributed by atoms with E-state index in [1.807, 2.05) is 0 Å². The molecule has 0 saturated heterocycles. The number of nitrogens with zero attached hydrogens (tertiary/aromatic N) is 1. The third kappa shape index (κ3) is 5.22. The highest BCUT2D eigenvalue weighted by Gasteiger charge is 2.11. The fourth-order valence-electron chi connectivity index (χ4n) is 1.32. The normalized spacial score (nSPS) is 14.5. The first-order valence-corrected chi connectivity index (χ1v) is 4.44. The van der Waals surface area contributed by atoms with Gasteiger partial charge in [0.1, 0.15) is 0 Å². The average molecular weight is 158 g/mol. The molecule has 0 aliphatic rings. The molecular weight excluding hydrogens is 136 g/mol. The van der Waals surface area contributed by atoms with Crippen LogP contribution in [0, 0.1) is 5.92 Å². The molecule has 1 unspecified atom stereocenters. The van der Waals surface area contributed by atoms with Gasteiger partial charge in [0.05, 0.1) is 0 Å². The van der Waals surface area contributed by atoms with Crippen molar-refractivity contribution >= 4 is 0 Å². The van der Waals surface area contributed by atoms with Gasteiger partial charge in [0.25, 0.3) is 0 Å². The lowest BCUT2D eigenvalue weighted by atomic mass is 10.0. The molecular formula is C9H22N2. The third-order valence-corrected chi connectivity index (χ3v) is 1.97. The van der Waals surface area contributed by atoms with E-state index in [0.29, 0.717) is 6.04 Å². The van der Waals surface area contributed by atoms with Crippen molar-refractivity contribution in [2.24, 2.45) is 11.7 Å². The molecule has 68 valence electrons. The fraction of sp³-hybridized carbons (Fsp3) is 1.00. The van der Waals surface area contributed by atoms with Crippen LogP contribution in [0.2, 0.25) is 0 Å². The molecule has 0 heterocycles. The minimum Gasteiger partial charge on any atom is -0.330 e. The Balaban J connectivity index is 3.69. The molecule has 0 bridgehead atoms. The molecule has 0 radical (unpaired) electrons. The molecule has 0 saturated carbocycles. The van der Waals surface area contributed by atoms with Crippen molar-refractivity contribution < 1.29 is 0 Å². The van der Waals surface area contributed by atoms with Gasteiger partial charge in [-0.2, -0.15) is 0 Å². The summed E-state index contributed by atoms with van der Waals surface area (Å²) in [6.07, 6.45) is 2.37. The first-order chi connectivity index (χ1) is 5.07. The summed E-state index contributed by atoms with van der Waals surface area (Å²) in [4.78, 5) is 2.27. The SMILES string of the molecule is CC(C)CC(CCN)N(C)C. The van der Waals surface area contributed by atoms with Crippen molar-refractivity contribution in [1.82, 2.24) is 4.90 Å². The first-order valence-electron chi connectivity index (χ1n) is 4.44. The number of hydrogen-bond donors (Lipinski definition) is 1. The highest BCUT2D eigenvalue weighted by Crippen LogP contribution is 2.11. The summed E-state index contributed by atoms with van der Waals surface area (Å²) >= 11 is 0. The number of hydrogen-bond acceptors (Lipinski definition) is 2. The zero-order valence-corrected chi connectivity index (χ0v) is 8.30. The molecule has 11 heavy (non-hydrogen) atoms. The molecule has 0 aliphatic carbocycles. The minimum atomic E-state index is 0.667. The lowest BCUT2D eigenvalue weighted by Gasteiger charge is -2.25. The summed E-state index contributed by atoms with van der Waals surface area (Å²) in [6, 6.07) is 0.667. The van der Waals surface area contributed by atoms with Gasteiger partial charge in [-0.05, 0) is 39.4 Å². The van der Waals surface area contributed by atoms with Gasteiger partial charge < -0.3 is 10.6 Å². The molecule has 0 aromatic rings. The van der Waals surface area contributed by atoms with E-state index in [9.17, 15) is 0 Å². The van der Waals surface area contributed by atoms with Gasteiger partial charge in [-0.25, -0.2) is 0 Å². The quantitative estimate of drug-likeness (QED) is 0.653. The van der Waals surface area contributed by atoms with Crippen LogP contribution in [-0.4, -0.2) is 31.6 Å². The number of nitrogens with two attached hydrogens (primary N) is 1. The van der Waals surface area contributed by atoms with Crippen LogP contribution in [0.1, 0.15) is 26.7 Å². The fourth-order valence-corrected chi connectivity index (χ4v) is 1.32. The van der Waals surface area contributed by atoms with Crippen LogP contribution in [-0.2, 0) is 0 Å². The lowest BCUT2D eigenvalue weighted by molar-refractivity contribution is 0.244. The van der Waals surface area contributed by atoms with Crippen molar-refractivity contribution in [3.63, 3.8) is 0 Å². The maximum atomic E-state index is 5.52.